The van der Waals surface area contributed by atoms with Crippen LogP contribution in [0.15, 0.2) is 0 Å². The van der Waals surface area contributed by atoms with Crippen molar-refractivity contribution in [3.63, 3.8) is 0 Å². The number of carbonyl (C=O) groups excluding carboxylic acids is 2. The van der Waals surface area contributed by atoms with Crippen molar-refractivity contribution in [2.75, 3.05) is 66.2 Å². The summed E-state index contributed by atoms with van der Waals surface area (Å²) >= 11 is 3.31. The third kappa shape index (κ3) is 40.1. The molecular formula is C22H48BrN4O4+. The average Bonchev–Trinajstić information content (AvgIpc) is 2.52. The van der Waals surface area contributed by atoms with Gasteiger partial charge >= 0.3 is 11.9 Å². The van der Waals surface area contributed by atoms with E-state index >= 15 is 0 Å². The SMILES string of the molecule is CN(C)CCBr.CN(C)CCNCCC(=O)OC(C)(C)C.[CH2+]C(C)(C)OC(=O)CCN. The molecule has 0 aromatic carbocycles. The fraction of sp³-hybridized carbons (Fsp3) is 0.864. The van der Waals surface area contributed by atoms with Crippen LogP contribution >= 0.6 is 15.9 Å². The molecule has 0 aromatic heterocycles. The summed E-state index contributed by atoms with van der Waals surface area (Å²) < 4.78 is 10.0. The van der Waals surface area contributed by atoms with E-state index in [2.05, 4.69) is 52.1 Å². The molecule has 0 rings (SSSR count). The van der Waals surface area contributed by atoms with Gasteiger partial charge in [0.25, 0.3) is 0 Å². The summed E-state index contributed by atoms with van der Waals surface area (Å²) in [7, 11) is 8.16. The second-order valence-electron chi connectivity index (χ2n) is 9.15. The van der Waals surface area contributed by atoms with Crippen LogP contribution in [0.4, 0.5) is 0 Å². The van der Waals surface area contributed by atoms with Crippen molar-refractivity contribution in [2.24, 2.45) is 5.73 Å². The number of hydrogen-bond acceptors (Lipinski definition) is 8. The van der Waals surface area contributed by atoms with E-state index in [1.54, 1.807) is 13.8 Å². The Bertz CT molecular complexity index is 448. The smallest absolute Gasteiger partial charge is 0.310 e. The predicted molar refractivity (Wildman–Crippen MR) is 133 cm³/mol. The van der Waals surface area contributed by atoms with Crippen LogP contribution in [0.5, 0.6) is 0 Å². The highest BCUT2D eigenvalue weighted by atomic mass is 79.9. The van der Waals surface area contributed by atoms with Crippen LogP contribution in [-0.2, 0) is 19.1 Å². The number of nitrogens with two attached hydrogens (primary N) is 1. The molecule has 0 aliphatic carbocycles. The molecule has 0 radical (unpaired) electrons. The highest BCUT2D eigenvalue weighted by Gasteiger charge is 2.22. The maximum atomic E-state index is 11.3. The zero-order valence-electron chi connectivity index (χ0n) is 21.3. The van der Waals surface area contributed by atoms with Crippen molar-refractivity contribution < 1.29 is 19.1 Å². The van der Waals surface area contributed by atoms with Crippen LogP contribution in [0.1, 0.15) is 47.5 Å². The number of halogens is 1. The molecule has 0 fully saturated rings. The first kappa shape index (κ1) is 34.7. The van der Waals surface area contributed by atoms with E-state index in [-0.39, 0.29) is 24.0 Å². The van der Waals surface area contributed by atoms with Crippen LogP contribution < -0.4 is 11.1 Å². The molecule has 9 heteroatoms. The van der Waals surface area contributed by atoms with Gasteiger partial charge in [-0.3, -0.25) is 9.59 Å². The number of rotatable bonds is 11. The zero-order valence-corrected chi connectivity index (χ0v) is 22.9. The van der Waals surface area contributed by atoms with Crippen LogP contribution in [0.25, 0.3) is 0 Å². The number of carbonyl (C=O) groups is 2. The van der Waals surface area contributed by atoms with Crippen LogP contribution in [0, 0.1) is 6.92 Å². The Balaban J connectivity index is -0.000000421. The summed E-state index contributed by atoms with van der Waals surface area (Å²) in [5.74, 6) is -0.428. The third-order valence-corrected chi connectivity index (χ3v) is 3.29. The van der Waals surface area contributed by atoms with Gasteiger partial charge in [0.2, 0.25) is 5.60 Å². The van der Waals surface area contributed by atoms with E-state index in [1.165, 1.54) is 0 Å². The minimum atomic E-state index is -0.633. The summed E-state index contributed by atoms with van der Waals surface area (Å²) in [6.45, 7) is 16.7. The second kappa shape index (κ2) is 19.8. The number of nitrogens with zero attached hydrogens (tertiary/aromatic N) is 2. The highest BCUT2D eigenvalue weighted by molar-refractivity contribution is 9.09. The molecule has 0 bridgehead atoms. The van der Waals surface area contributed by atoms with Crippen molar-refractivity contribution in [3.05, 3.63) is 6.92 Å². The summed E-state index contributed by atoms with van der Waals surface area (Å²) in [5.41, 5.74) is 4.12. The van der Waals surface area contributed by atoms with E-state index in [0.717, 1.165) is 25.0 Å². The average molecular weight is 513 g/mol. The lowest BCUT2D eigenvalue weighted by molar-refractivity contribution is -0.155. The Morgan fingerprint density at radius 2 is 1.39 bits per heavy atom. The summed E-state index contributed by atoms with van der Waals surface area (Å²) in [6, 6.07) is 0. The Morgan fingerprint density at radius 3 is 1.71 bits per heavy atom. The van der Waals surface area contributed by atoms with Crippen LogP contribution in [0.2, 0.25) is 0 Å². The summed E-state index contributed by atoms with van der Waals surface area (Å²) in [4.78, 5) is 26.2. The Hall–Kier alpha value is -0.870. The van der Waals surface area contributed by atoms with E-state index in [9.17, 15) is 9.59 Å². The Kier molecular flexibility index (Phi) is 22.2. The number of hydrogen-bond donors (Lipinski definition) is 2. The molecular weight excluding hydrogens is 464 g/mol. The number of nitrogens with one attached hydrogen (secondary N) is 1. The molecule has 0 aromatic rings. The normalized spacial score (nSPS) is 11.3. The molecule has 8 nitrogen and oxygen atoms in total. The quantitative estimate of drug-likeness (QED) is 0.188. The van der Waals surface area contributed by atoms with Crippen molar-refractivity contribution in [1.29, 1.82) is 0 Å². The predicted octanol–water partition coefficient (Wildman–Crippen LogP) is 2.30. The van der Waals surface area contributed by atoms with Gasteiger partial charge in [-0.1, -0.05) is 15.9 Å². The van der Waals surface area contributed by atoms with E-state index in [1.807, 2.05) is 34.9 Å². The fourth-order valence-corrected chi connectivity index (χ4v) is 2.37. The van der Waals surface area contributed by atoms with Crippen molar-refractivity contribution in [1.82, 2.24) is 15.1 Å². The maximum absolute atomic E-state index is 11.3. The van der Waals surface area contributed by atoms with Crippen molar-refractivity contribution in [3.8, 4) is 0 Å². The van der Waals surface area contributed by atoms with Gasteiger partial charge in [-0.25, -0.2) is 0 Å². The lowest BCUT2D eigenvalue weighted by atomic mass is 10.2. The van der Waals surface area contributed by atoms with Gasteiger partial charge in [0.1, 0.15) is 12.5 Å². The van der Waals surface area contributed by atoms with E-state index < -0.39 is 5.60 Å². The van der Waals surface area contributed by atoms with E-state index in [0.29, 0.717) is 19.5 Å². The van der Waals surface area contributed by atoms with Gasteiger partial charge in [0.15, 0.2) is 0 Å². The van der Waals surface area contributed by atoms with Gasteiger partial charge in [0.05, 0.1) is 12.8 Å². The monoisotopic (exact) mass is 511 g/mol. The highest BCUT2D eigenvalue weighted by Crippen LogP contribution is 2.08. The molecule has 0 spiro atoms. The summed E-state index contributed by atoms with van der Waals surface area (Å²) in [5, 5.41) is 4.26. The minimum Gasteiger partial charge on any atom is -0.460 e. The van der Waals surface area contributed by atoms with Crippen molar-refractivity contribution >= 4 is 27.9 Å². The number of alkyl halides is 1. The van der Waals surface area contributed by atoms with Gasteiger partial charge in [0, 0.05) is 51.9 Å². The lowest BCUT2D eigenvalue weighted by Gasteiger charge is -2.19. The molecule has 0 heterocycles. The first-order valence-corrected chi connectivity index (χ1v) is 11.7. The van der Waals surface area contributed by atoms with Crippen molar-refractivity contribution in [2.45, 2.75) is 58.7 Å². The molecule has 0 atom stereocenters. The molecule has 0 amide bonds. The topological polar surface area (TPSA) is 97.1 Å². The van der Waals surface area contributed by atoms with Gasteiger partial charge < -0.3 is 30.3 Å². The Labute approximate surface area is 199 Å². The molecule has 3 N–H and O–H groups in total. The molecule has 0 saturated heterocycles. The molecule has 0 aliphatic rings. The first-order valence-electron chi connectivity index (χ1n) is 10.6. The molecule has 31 heavy (non-hydrogen) atoms. The lowest BCUT2D eigenvalue weighted by Crippen LogP contribution is -2.30. The number of likely N-dealkylation sites (N-methyl/N-ethyl adjacent to an activating group) is 1. The van der Waals surface area contributed by atoms with E-state index in [4.69, 9.17) is 15.2 Å². The van der Waals surface area contributed by atoms with Crippen LogP contribution in [0.3, 0.4) is 0 Å². The molecule has 186 valence electrons. The summed E-state index contributed by atoms with van der Waals surface area (Å²) in [6.07, 6.45) is 0.698. The largest absolute Gasteiger partial charge is 0.460 e. The maximum Gasteiger partial charge on any atom is 0.310 e. The number of esters is 2. The fourth-order valence-electron chi connectivity index (χ4n) is 1.66. The first-order chi connectivity index (χ1) is 14.0. The Morgan fingerprint density at radius 1 is 0.903 bits per heavy atom. The molecule has 0 saturated carbocycles. The standard InChI is InChI=1S/C11H24N2O2.C7H14NO2.C4H10BrN/c1-11(2,3)15-10(14)6-7-12-8-9-13(4)5;1-7(2,3)10-6(9)4-5-8;1-6(2)4-3-5/h12H,6-9H2,1-5H3;1,4-5,8H2,2-3H3;3-4H2,1-2H3/q;+1;. The molecule has 0 aliphatic heterocycles. The number of ether oxygens (including phenoxy) is 2. The van der Waals surface area contributed by atoms with Gasteiger partial charge in [-0.2, -0.15) is 0 Å². The minimum absolute atomic E-state index is 0.139. The van der Waals surface area contributed by atoms with Gasteiger partial charge in [-0.05, 0) is 49.0 Å². The zero-order chi connectivity index (χ0) is 25.1. The van der Waals surface area contributed by atoms with Gasteiger partial charge in [-0.15, -0.1) is 0 Å². The third-order valence-electron chi connectivity index (χ3n) is 2.93. The van der Waals surface area contributed by atoms with Crippen LogP contribution in [-0.4, -0.2) is 99.2 Å². The second-order valence-corrected chi connectivity index (χ2v) is 9.95. The molecule has 0 unspecified atom stereocenters.